The van der Waals surface area contributed by atoms with E-state index in [4.69, 9.17) is 5.73 Å². The van der Waals surface area contributed by atoms with Gasteiger partial charge in [-0.05, 0) is 33.2 Å². The second-order valence-corrected chi connectivity index (χ2v) is 4.55. The quantitative estimate of drug-likeness (QED) is 0.878. The van der Waals surface area contributed by atoms with Gasteiger partial charge in [0.15, 0.2) is 0 Å². The highest BCUT2D eigenvalue weighted by Crippen LogP contribution is 2.12. The van der Waals surface area contributed by atoms with Crippen molar-refractivity contribution in [2.45, 2.75) is 45.8 Å². The molecule has 1 aromatic heterocycles. The van der Waals surface area contributed by atoms with Crippen molar-refractivity contribution in [1.82, 2.24) is 19.7 Å². The molecular weight excluding hydrogens is 238 g/mol. The molecule has 0 saturated carbocycles. The Hall–Kier alpha value is -0.650. The van der Waals surface area contributed by atoms with E-state index in [2.05, 4.69) is 26.6 Å². The number of hydrogen-bond acceptors (Lipinski definition) is 4. The van der Waals surface area contributed by atoms with Gasteiger partial charge in [-0.15, -0.1) is 22.6 Å². The number of piperidine rings is 1. The molecule has 5 nitrogen and oxygen atoms in total. The summed E-state index contributed by atoms with van der Waals surface area (Å²) in [4.78, 5) is 2.38. The number of likely N-dealkylation sites (tertiary alicyclic amines) is 1. The van der Waals surface area contributed by atoms with Crippen molar-refractivity contribution in [2.75, 3.05) is 13.1 Å². The van der Waals surface area contributed by atoms with Gasteiger partial charge in [0.2, 0.25) is 0 Å². The summed E-state index contributed by atoms with van der Waals surface area (Å²) in [6.45, 7) is 8.05. The van der Waals surface area contributed by atoms with Gasteiger partial charge in [-0.1, -0.05) is 0 Å². The molecule has 1 aliphatic rings. The van der Waals surface area contributed by atoms with Gasteiger partial charge in [0.25, 0.3) is 0 Å². The first-order valence-electron chi connectivity index (χ1n) is 6.07. The lowest BCUT2D eigenvalue weighted by molar-refractivity contribution is 0.194. The Kier molecular flexibility index (Phi) is 5.36. The van der Waals surface area contributed by atoms with Crippen LogP contribution in [0.1, 0.15) is 31.4 Å². The van der Waals surface area contributed by atoms with Crippen molar-refractivity contribution in [2.24, 2.45) is 5.73 Å². The van der Waals surface area contributed by atoms with E-state index in [1.54, 1.807) is 0 Å². The van der Waals surface area contributed by atoms with Gasteiger partial charge in [-0.3, -0.25) is 4.90 Å². The maximum absolute atomic E-state index is 5.97. The molecule has 1 fully saturated rings. The van der Waals surface area contributed by atoms with Crippen molar-refractivity contribution in [3.05, 3.63) is 11.6 Å². The topological polar surface area (TPSA) is 60.0 Å². The molecule has 98 valence electrons. The van der Waals surface area contributed by atoms with Gasteiger partial charge < -0.3 is 10.3 Å². The van der Waals surface area contributed by atoms with Crippen LogP contribution >= 0.6 is 12.4 Å². The van der Waals surface area contributed by atoms with Gasteiger partial charge in [0.1, 0.15) is 11.6 Å². The molecule has 0 aromatic carbocycles. The fraction of sp³-hybridized carbons (Fsp3) is 0.818. The average Bonchev–Trinajstić information content (AvgIpc) is 2.59. The zero-order valence-electron chi connectivity index (χ0n) is 10.6. The Morgan fingerprint density at radius 3 is 2.82 bits per heavy atom. The van der Waals surface area contributed by atoms with Crippen LogP contribution in [0.5, 0.6) is 0 Å². The summed E-state index contributed by atoms with van der Waals surface area (Å²) < 4.78 is 2.17. The molecule has 1 unspecified atom stereocenters. The minimum Gasteiger partial charge on any atom is -0.327 e. The van der Waals surface area contributed by atoms with Crippen molar-refractivity contribution < 1.29 is 0 Å². The molecule has 0 amide bonds. The largest absolute Gasteiger partial charge is 0.327 e. The summed E-state index contributed by atoms with van der Waals surface area (Å²) in [6, 6.07) is 0.327. The second kappa shape index (κ2) is 6.33. The van der Waals surface area contributed by atoms with Gasteiger partial charge >= 0.3 is 0 Å². The monoisotopic (exact) mass is 259 g/mol. The first kappa shape index (κ1) is 14.4. The minimum absolute atomic E-state index is 0. The van der Waals surface area contributed by atoms with Crippen LogP contribution in [0, 0.1) is 6.92 Å². The Morgan fingerprint density at radius 2 is 2.18 bits per heavy atom. The van der Waals surface area contributed by atoms with E-state index < -0.39 is 0 Å². The van der Waals surface area contributed by atoms with Gasteiger partial charge in [0, 0.05) is 19.1 Å². The van der Waals surface area contributed by atoms with Crippen LogP contribution < -0.4 is 5.73 Å². The lowest BCUT2D eigenvalue weighted by Crippen LogP contribution is -2.42. The molecule has 1 saturated heterocycles. The highest BCUT2D eigenvalue weighted by molar-refractivity contribution is 5.85. The van der Waals surface area contributed by atoms with Crippen LogP contribution in [0.4, 0.5) is 0 Å². The van der Waals surface area contributed by atoms with Crippen molar-refractivity contribution in [1.29, 1.82) is 0 Å². The van der Waals surface area contributed by atoms with Gasteiger partial charge in [0.05, 0.1) is 6.54 Å². The average molecular weight is 260 g/mol. The van der Waals surface area contributed by atoms with Crippen LogP contribution in [-0.2, 0) is 13.1 Å². The summed E-state index contributed by atoms with van der Waals surface area (Å²) in [5.74, 6) is 2.06. The molecule has 0 spiro atoms. The first-order valence-corrected chi connectivity index (χ1v) is 6.07. The predicted molar refractivity (Wildman–Crippen MR) is 70.2 cm³/mol. The number of hydrogen-bond donors (Lipinski definition) is 1. The molecule has 0 aliphatic carbocycles. The normalized spacial score (nSPS) is 21.2. The zero-order chi connectivity index (χ0) is 11.5. The lowest BCUT2D eigenvalue weighted by atomic mass is 10.1. The molecule has 0 bridgehead atoms. The van der Waals surface area contributed by atoms with Crippen LogP contribution in [0.2, 0.25) is 0 Å². The summed E-state index contributed by atoms with van der Waals surface area (Å²) in [7, 11) is 0. The number of rotatable bonds is 3. The minimum atomic E-state index is 0. The number of aromatic nitrogens is 3. The van der Waals surface area contributed by atoms with Crippen molar-refractivity contribution in [3.63, 3.8) is 0 Å². The number of aryl methyl sites for hydroxylation is 1. The number of nitrogens with zero attached hydrogens (tertiary/aromatic N) is 4. The third-order valence-corrected chi connectivity index (χ3v) is 3.24. The molecule has 2 rings (SSSR count). The molecule has 1 atom stereocenters. The molecule has 1 aromatic rings. The lowest BCUT2D eigenvalue weighted by Gasteiger charge is -2.30. The van der Waals surface area contributed by atoms with E-state index >= 15 is 0 Å². The SMILES string of the molecule is CCn1c(C)nnc1CN1CCCC(N)C1.Cl. The second-order valence-electron chi connectivity index (χ2n) is 4.55. The third-order valence-electron chi connectivity index (χ3n) is 3.24. The van der Waals surface area contributed by atoms with E-state index in [-0.39, 0.29) is 12.4 Å². The smallest absolute Gasteiger partial charge is 0.147 e. The fourth-order valence-corrected chi connectivity index (χ4v) is 2.39. The highest BCUT2D eigenvalue weighted by atomic mass is 35.5. The number of nitrogens with two attached hydrogens (primary N) is 1. The van der Waals surface area contributed by atoms with E-state index in [0.29, 0.717) is 6.04 Å². The molecule has 2 N–H and O–H groups in total. The molecule has 17 heavy (non-hydrogen) atoms. The first-order chi connectivity index (χ1) is 7.70. The maximum atomic E-state index is 5.97. The molecule has 0 radical (unpaired) electrons. The number of halogens is 1. The summed E-state index contributed by atoms with van der Waals surface area (Å²) in [5, 5.41) is 8.36. The summed E-state index contributed by atoms with van der Waals surface area (Å²) in [6.07, 6.45) is 2.34. The van der Waals surface area contributed by atoms with E-state index in [0.717, 1.165) is 44.2 Å². The zero-order valence-corrected chi connectivity index (χ0v) is 11.4. The highest BCUT2D eigenvalue weighted by Gasteiger charge is 2.19. The molecular formula is C11H22ClN5. The van der Waals surface area contributed by atoms with E-state index in [1.807, 2.05) is 6.92 Å². The van der Waals surface area contributed by atoms with Gasteiger partial charge in [-0.25, -0.2) is 0 Å². The molecule has 1 aliphatic heterocycles. The molecule has 2 heterocycles. The molecule has 6 heteroatoms. The maximum Gasteiger partial charge on any atom is 0.147 e. The Labute approximate surface area is 109 Å². The van der Waals surface area contributed by atoms with Crippen LogP contribution in [0.25, 0.3) is 0 Å². The van der Waals surface area contributed by atoms with Gasteiger partial charge in [-0.2, -0.15) is 0 Å². The summed E-state index contributed by atoms with van der Waals surface area (Å²) >= 11 is 0. The Bertz CT molecular complexity index is 352. The van der Waals surface area contributed by atoms with Crippen LogP contribution in [-0.4, -0.2) is 38.8 Å². The summed E-state index contributed by atoms with van der Waals surface area (Å²) in [5.41, 5.74) is 5.97. The predicted octanol–water partition coefficient (Wildman–Crippen LogP) is 0.951. The Balaban J connectivity index is 0.00000144. The van der Waals surface area contributed by atoms with E-state index in [9.17, 15) is 0 Å². The third kappa shape index (κ3) is 3.40. The fourth-order valence-electron chi connectivity index (χ4n) is 2.39. The van der Waals surface area contributed by atoms with Crippen molar-refractivity contribution >= 4 is 12.4 Å². The standard InChI is InChI=1S/C11H21N5.ClH/c1-3-16-9(2)13-14-11(16)8-15-6-4-5-10(12)7-15;/h10H,3-8,12H2,1-2H3;1H. The Morgan fingerprint density at radius 1 is 1.41 bits per heavy atom. The van der Waals surface area contributed by atoms with Crippen molar-refractivity contribution in [3.8, 4) is 0 Å². The van der Waals surface area contributed by atoms with E-state index in [1.165, 1.54) is 6.42 Å². The van der Waals surface area contributed by atoms with Crippen LogP contribution in [0.15, 0.2) is 0 Å². The van der Waals surface area contributed by atoms with Crippen LogP contribution in [0.3, 0.4) is 0 Å².